The van der Waals surface area contributed by atoms with Crippen molar-refractivity contribution in [3.05, 3.63) is 26.9 Å². The Labute approximate surface area is 84.8 Å². The fraction of sp³-hybridized carbons (Fsp3) is 0.375. The molecule has 1 aromatic heterocycles. The molecule has 0 amide bonds. The molecule has 1 heterocycles. The van der Waals surface area contributed by atoms with Crippen molar-refractivity contribution < 1.29 is 9.90 Å². The number of nitrogens with zero attached hydrogens (tertiary/aromatic N) is 1. The fourth-order valence-electron chi connectivity index (χ4n) is 1.14. The lowest BCUT2D eigenvalue weighted by Crippen LogP contribution is -2.20. The monoisotopic (exact) mass is 216 g/mol. The van der Waals surface area contributed by atoms with Crippen LogP contribution in [0, 0.1) is 0 Å². The second kappa shape index (κ2) is 4.23. The first-order chi connectivity index (χ1) is 6.54. The number of halogens is 1. The highest BCUT2D eigenvalue weighted by atomic mass is 35.5. The third-order valence-corrected chi connectivity index (χ3v) is 1.91. The molecule has 2 N–H and O–H groups in total. The van der Waals surface area contributed by atoms with Crippen LogP contribution in [-0.4, -0.2) is 21.0 Å². The molecule has 5 nitrogen and oxygen atoms in total. The predicted octanol–water partition coefficient (Wildman–Crippen LogP) is 0.613. The standard InChI is InChI=1S/C8H9ClN2O3/c1-2-5-4(3-6(12)13)7(14)11-8(9)10-5/h2-3H2,1H3,(H,12,13)(H,10,11,14). The second-order valence-electron chi connectivity index (χ2n) is 2.71. The summed E-state index contributed by atoms with van der Waals surface area (Å²) < 4.78 is 0. The van der Waals surface area contributed by atoms with Gasteiger partial charge < -0.3 is 5.11 Å². The van der Waals surface area contributed by atoms with E-state index in [-0.39, 0.29) is 17.3 Å². The quantitative estimate of drug-likeness (QED) is 0.726. The van der Waals surface area contributed by atoms with Gasteiger partial charge in [0, 0.05) is 5.56 Å². The number of aliphatic carboxylic acids is 1. The molecule has 0 unspecified atom stereocenters. The number of hydrogen-bond donors (Lipinski definition) is 2. The van der Waals surface area contributed by atoms with Crippen LogP contribution in [0.2, 0.25) is 5.28 Å². The van der Waals surface area contributed by atoms with E-state index in [2.05, 4.69) is 9.97 Å². The molecule has 0 radical (unpaired) electrons. The molecule has 0 aromatic carbocycles. The molecule has 0 bridgehead atoms. The Morgan fingerprint density at radius 2 is 2.29 bits per heavy atom. The number of aromatic nitrogens is 2. The van der Waals surface area contributed by atoms with Gasteiger partial charge in [0.15, 0.2) is 0 Å². The highest BCUT2D eigenvalue weighted by Crippen LogP contribution is 2.05. The van der Waals surface area contributed by atoms with Crippen LogP contribution < -0.4 is 5.56 Å². The van der Waals surface area contributed by atoms with Crippen molar-refractivity contribution in [3.63, 3.8) is 0 Å². The average Bonchev–Trinajstić information content (AvgIpc) is 2.08. The minimum atomic E-state index is -1.06. The third kappa shape index (κ3) is 2.32. The van der Waals surface area contributed by atoms with Crippen LogP contribution in [0.3, 0.4) is 0 Å². The average molecular weight is 217 g/mol. The van der Waals surface area contributed by atoms with Crippen molar-refractivity contribution in [2.24, 2.45) is 0 Å². The molecule has 6 heteroatoms. The number of nitrogens with one attached hydrogen (secondary N) is 1. The van der Waals surface area contributed by atoms with E-state index in [1.54, 1.807) is 6.92 Å². The van der Waals surface area contributed by atoms with Crippen molar-refractivity contribution in [3.8, 4) is 0 Å². The van der Waals surface area contributed by atoms with Crippen LogP contribution in [0.15, 0.2) is 4.79 Å². The molecule has 0 aliphatic carbocycles. The van der Waals surface area contributed by atoms with E-state index in [0.29, 0.717) is 12.1 Å². The van der Waals surface area contributed by atoms with Gasteiger partial charge in [0.2, 0.25) is 5.28 Å². The van der Waals surface area contributed by atoms with E-state index in [1.807, 2.05) is 0 Å². The van der Waals surface area contributed by atoms with Crippen molar-refractivity contribution in [2.45, 2.75) is 19.8 Å². The number of carboxylic acid groups (broad SMARTS) is 1. The topological polar surface area (TPSA) is 83.0 Å². The molecule has 0 aliphatic rings. The van der Waals surface area contributed by atoms with Crippen LogP contribution in [0.25, 0.3) is 0 Å². The summed E-state index contributed by atoms with van der Waals surface area (Å²) in [7, 11) is 0. The summed E-state index contributed by atoms with van der Waals surface area (Å²) in [6, 6.07) is 0. The first-order valence-corrected chi connectivity index (χ1v) is 4.41. The van der Waals surface area contributed by atoms with Gasteiger partial charge in [-0.15, -0.1) is 0 Å². The Kier molecular flexibility index (Phi) is 3.24. The number of rotatable bonds is 3. The van der Waals surface area contributed by atoms with Crippen molar-refractivity contribution >= 4 is 17.6 Å². The summed E-state index contributed by atoms with van der Waals surface area (Å²) in [6.07, 6.45) is 0.148. The minimum absolute atomic E-state index is 0.0130. The lowest BCUT2D eigenvalue weighted by molar-refractivity contribution is -0.136. The zero-order chi connectivity index (χ0) is 10.7. The molecule has 1 rings (SSSR count). The molecule has 0 spiro atoms. The van der Waals surface area contributed by atoms with Gasteiger partial charge in [0.25, 0.3) is 5.56 Å². The minimum Gasteiger partial charge on any atom is -0.481 e. The number of aromatic amines is 1. The van der Waals surface area contributed by atoms with Crippen LogP contribution in [0.1, 0.15) is 18.2 Å². The summed E-state index contributed by atoms with van der Waals surface area (Å²) >= 11 is 5.52. The molecule has 1 aromatic rings. The number of H-pyrrole nitrogens is 1. The Morgan fingerprint density at radius 1 is 1.64 bits per heavy atom. The van der Waals surface area contributed by atoms with Gasteiger partial charge >= 0.3 is 5.97 Å². The van der Waals surface area contributed by atoms with Gasteiger partial charge in [-0.05, 0) is 18.0 Å². The molecule has 0 aliphatic heterocycles. The van der Waals surface area contributed by atoms with E-state index >= 15 is 0 Å². The van der Waals surface area contributed by atoms with Gasteiger partial charge in [0.1, 0.15) is 0 Å². The predicted molar refractivity (Wildman–Crippen MR) is 50.6 cm³/mol. The number of carbonyl (C=O) groups is 1. The lowest BCUT2D eigenvalue weighted by Gasteiger charge is -2.03. The molecule has 14 heavy (non-hydrogen) atoms. The first-order valence-electron chi connectivity index (χ1n) is 4.04. The normalized spacial score (nSPS) is 10.1. The zero-order valence-corrected chi connectivity index (χ0v) is 8.26. The van der Waals surface area contributed by atoms with Crippen LogP contribution >= 0.6 is 11.6 Å². The van der Waals surface area contributed by atoms with Crippen molar-refractivity contribution in [2.75, 3.05) is 0 Å². The van der Waals surface area contributed by atoms with Crippen molar-refractivity contribution in [1.29, 1.82) is 0 Å². The maximum absolute atomic E-state index is 11.3. The summed E-state index contributed by atoms with van der Waals surface area (Å²) in [4.78, 5) is 27.9. The van der Waals surface area contributed by atoms with Gasteiger partial charge in [-0.3, -0.25) is 14.6 Å². The van der Waals surface area contributed by atoms with Gasteiger partial charge in [-0.25, -0.2) is 4.98 Å². The Balaban J connectivity index is 3.25. The second-order valence-corrected chi connectivity index (χ2v) is 3.06. The van der Waals surface area contributed by atoms with Gasteiger partial charge in [0.05, 0.1) is 12.1 Å². The molecular formula is C8H9ClN2O3. The Morgan fingerprint density at radius 3 is 2.79 bits per heavy atom. The van der Waals surface area contributed by atoms with E-state index < -0.39 is 11.5 Å². The summed E-state index contributed by atoms with van der Waals surface area (Å²) in [5.74, 6) is -1.06. The highest BCUT2D eigenvalue weighted by Gasteiger charge is 2.12. The van der Waals surface area contributed by atoms with E-state index in [9.17, 15) is 9.59 Å². The van der Waals surface area contributed by atoms with E-state index in [0.717, 1.165) is 0 Å². The molecular weight excluding hydrogens is 208 g/mol. The van der Waals surface area contributed by atoms with Crippen LogP contribution in [0.4, 0.5) is 0 Å². The van der Waals surface area contributed by atoms with Crippen LogP contribution in [0.5, 0.6) is 0 Å². The lowest BCUT2D eigenvalue weighted by atomic mass is 10.1. The summed E-state index contributed by atoms with van der Waals surface area (Å²) in [6.45, 7) is 1.78. The molecule has 0 fully saturated rings. The largest absolute Gasteiger partial charge is 0.481 e. The number of hydrogen-bond acceptors (Lipinski definition) is 3. The number of aryl methyl sites for hydroxylation is 1. The molecule has 76 valence electrons. The highest BCUT2D eigenvalue weighted by molar-refractivity contribution is 6.28. The maximum Gasteiger partial charge on any atom is 0.308 e. The SMILES string of the molecule is CCc1nc(Cl)[nH]c(=O)c1CC(=O)O. The van der Waals surface area contributed by atoms with E-state index in [1.165, 1.54) is 0 Å². The molecule has 0 saturated heterocycles. The third-order valence-electron chi connectivity index (χ3n) is 1.74. The Hall–Kier alpha value is -1.36. The van der Waals surface area contributed by atoms with Crippen LogP contribution in [-0.2, 0) is 17.6 Å². The number of carboxylic acids is 1. The summed E-state index contributed by atoms with van der Waals surface area (Å²) in [5.41, 5.74) is 0.120. The Bertz CT molecular complexity index is 414. The van der Waals surface area contributed by atoms with E-state index in [4.69, 9.17) is 16.7 Å². The molecule has 0 saturated carbocycles. The zero-order valence-electron chi connectivity index (χ0n) is 7.50. The molecule has 0 atom stereocenters. The van der Waals surface area contributed by atoms with Gasteiger partial charge in [-0.1, -0.05) is 6.92 Å². The first kappa shape index (κ1) is 10.7. The smallest absolute Gasteiger partial charge is 0.308 e. The van der Waals surface area contributed by atoms with Crippen molar-refractivity contribution in [1.82, 2.24) is 9.97 Å². The summed E-state index contributed by atoms with van der Waals surface area (Å²) in [5, 5.41) is 8.55. The van der Waals surface area contributed by atoms with Gasteiger partial charge in [-0.2, -0.15) is 0 Å². The fourth-order valence-corrected chi connectivity index (χ4v) is 1.33. The maximum atomic E-state index is 11.3.